The fraction of sp³-hybridized carbons (Fsp3) is 0.588. The summed E-state index contributed by atoms with van der Waals surface area (Å²) in [6, 6.07) is 5.30. The lowest BCUT2D eigenvalue weighted by Gasteiger charge is -2.32. The minimum absolute atomic E-state index is 0.0456. The molecule has 3 aliphatic rings. The van der Waals surface area contributed by atoms with Crippen molar-refractivity contribution in [1.29, 1.82) is 0 Å². The number of amides is 1. The molecule has 3 fully saturated rings. The molecule has 1 aromatic carbocycles. The van der Waals surface area contributed by atoms with Gasteiger partial charge in [-0.15, -0.1) is 0 Å². The van der Waals surface area contributed by atoms with Crippen molar-refractivity contribution in [2.45, 2.75) is 31.5 Å². The first kappa shape index (κ1) is 14.9. The molecule has 1 aromatic rings. The zero-order valence-corrected chi connectivity index (χ0v) is 13.1. The number of carbonyl (C=O) groups is 1. The molecule has 0 spiro atoms. The number of anilines is 1. The number of halogens is 1. The molecule has 5 nitrogen and oxygen atoms in total. The minimum atomic E-state index is -0.223. The van der Waals surface area contributed by atoms with Gasteiger partial charge in [-0.25, -0.2) is 4.39 Å². The Kier molecular flexibility index (Phi) is 3.95. The van der Waals surface area contributed by atoms with Gasteiger partial charge in [-0.05, 0) is 30.5 Å². The molecule has 2 atom stereocenters. The van der Waals surface area contributed by atoms with E-state index >= 15 is 0 Å². The highest BCUT2D eigenvalue weighted by atomic mass is 19.1. The average molecular weight is 319 g/mol. The SMILES string of the molecule is O=C1N[C@@H](c2ccc(N3CCOCC3)c(F)c2)N2CCCC[C@@H]12. The Morgan fingerprint density at radius 2 is 2.00 bits per heavy atom. The molecule has 6 heteroatoms. The van der Waals surface area contributed by atoms with Gasteiger partial charge < -0.3 is 15.0 Å². The van der Waals surface area contributed by atoms with Crippen molar-refractivity contribution < 1.29 is 13.9 Å². The van der Waals surface area contributed by atoms with Gasteiger partial charge >= 0.3 is 0 Å². The third-order valence-electron chi connectivity index (χ3n) is 5.10. The van der Waals surface area contributed by atoms with Crippen LogP contribution in [0, 0.1) is 5.82 Å². The summed E-state index contributed by atoms with van der Waals surface area (Å²) in [6.45, 7) is 3.58. The van der Waals surface area contributed by atoms with E-state index in [9.17, 15) is 9.18 Å². The lowest BCUT2D eigenvalue weighted by molar-refractivity contribution is -0.122. The van der Waals surface area contributed by atoms with Crippen LogP contribution < -0.4 is 10.2 Å². The van der Waals surface area contributed by atoms with Gasteiger partial charge in [0, 0.05) is 19.6 Å². The van der Waals surface area contributed by atoms with Gasteiger partial charge in [-0.2, -0.15) is 0 Å². The summed E-state index contributed by atoms with van der Waals surface area (Å²) in [6.07, 6.45) is 2.89. The van der Waals surface area contributed by atoms with Crippen molar-refractivity contribution in [2.24, 2.45) is 0 Å². The van der Waals surface area contributed by atoms with Gasteiger partial charge in [0.05, 0.1) is 24.9 Å². The fourth-order valence-corrected chi connectivity index (χ4v) is 3.89. The second kappa shape index (κ2) is 6.09. The van der Waals surface area contributed by atoms with Crippen LogP contribution in [0.2, 0.25) is 0 Å². The Labute approximate surface area is 135 Å². The predicted octanol–water partition coefficient (Wildman–Crippen LogP) is 1.65. The number of morpholine rings is 1. The monoisotopic (exact) mass is 319 g/mol. The van der Waals surface area contributed by atoms with Gasteiger partial charge in [0.25, 0.3) is 0 Å². The van der Waals surface area contributed by atoms with Crippen molar-refractivity contribution in [3.05, 3.63) is 29.6 Å². The largest absolute Gasteiger partial charge is 0.378 e. The third-order valence-corrected chi connectivity index (χ3v) is 5.10. The zero-order valence-electron chi connectivity index (χ0n) is 13.1. The normalized spacial score (nSPS) is 28.6. The van der Waals surface area contributed by atoms with E-state index in [0.29, 0.717) is 32.0 Å². The number of piperidine rings is 1. The van der Waals surface area contributed by atoms with E-state index in [0.717, 1.165) is 31.4 Å². The summed E-state index contributed by atoms with van der Waals surface area (Å²) in [4.78, 5) is 16.3. The van der Waals surface area contributed by atoms with Crippen LogP contribution in [0.1, 0.15) is 31.0 Å². The number of benzene rings is 1. The Hall–Kier alpha value is -1.66. The topological polar surface area (TPSA) is 44.8 Å². The smallest absolute Gasteiger partial charge is 0.238 e. The zero-order chi connectivity index (χ0) is 15.8. The van der Waals surface area contributed by atoms with Gasteiger partial charge in [-0.1, -0.05) is 12.5 Å². The van der Waals surface area contributed by atoms with Gasteiger partial charge in [0.15, 0.2) is 0 Å². The maximum Gasteiger partial charge on any atom is 0.238 e. The number of carbonyl (C=O) groups excluding carboxylic acids is 1. The maximum absolute atomic E-state index is 14.6. The molecule has 0 aromatic heterocycles. The number of rotatable bonds is 2. The summed E-state index contributed by atoms with van der Waals surface area (Å²) in [5.74, 6) is -0.147. The minimum Gasteiger partial charge on any atom is -0.378 e. The van der Waals surface area contributed by atoms with Crippen molar-refractivity contribution in [3.63, 3.8) is 0 Å². The van der Waals surface area contributed by atoms with Crippen molar-refractivity contribution in [2.75, 3.05) is 37.7 Å². The second-order valence-electron chi connectivity index (χ2n) is 6.47. The van der Waals surface area contributed by atoms with Crippen LogP contribution in [0.3, 0.4) is 0 Å². The summed E-state index contributed by atoms with van der Waals surface area (Å²) in [7, 11) is 0. The first-order chi connectivity index (χ1) is 11.2. The lowest BCUT2D eigenvalue weighted by atomic mass is 10.0. The number of hydrogen-bond acceptors (Lipinski definition) is 4. The van der Waals surface area contributed by atoms with Crippen LogP contribution in [-0.2, 0) is 9.53 Å². The van der Waals surface area contributed by atoms with E-state index in [1.807, 2.05) is 17.0 Å². The molecule has 0 aliphatic carbocycles. The van der Waals surface area contributed by atoms with E-state index in [2.05, 4.69) is 10.2 Å². The average Bonchev–Trinajstić information content (AvgIpc) is 2.93. The molecule has 4 rings (SSSR count). The first-order valence-corrected chi connectivity index (χ1v) is 8.42. The standard InChI is InChI=1S/C17H22FN3O2/c18-13-11-12(4-5-14(13)20-7-9-23-10-8-20)16-19-17(22)15-3-1-2-6-21(15)16/h4-5,11,15-16H,1-3,6-10H2,(H,19,22)/t15-,16+/m0/s1. The van der Waals surface area contributed by atoms with Crippen LogP contribution >= 0.6 is 0 Å². The molecule has 124 valence electrons. The highest BCUT2D eigenvalue weighted by Gasteiger charge is 2.41. The number of nitrogens with zero attached hydrogens (tertiary/aromatic N) is 2. The van der Waals surface area contributed by atoms with E-state index in [4.69, 9.17) is 4.74 Å². The highest BCUT2D eigenvalue weighted by molar-refractivity contribution is 5.84. The molecule has 3 heterocycles. The Morgan fingerprint density at radius 3 is 2.78 bits per heavy atom. The number of hydrogen-bond donors (Lipinski definition) is 1. The number of nitrogens with one attached hydrogen (secondary N) is 1. The summed E-state index contributed by atoms with van der Waals surface area (Å²) >= 11 is 0. The second-order valence-corrected chi connectivity index (χ2v) is 6.47. The third kappa shape index (κ3) is 2.70. The van der Waals surface area contributed by atoms with Crippen molar-refractivity contribution in [1.82, 2.24) is 10.2 Å². The lowest BCUT2D eigenvalue weighted by Crippen LogP contribution is -2.38. The maximum atomic E-state index is 14.6. The van der Waals surface area contributed by atoms with Crippen LogP contribution in [0.15, 0.2) is 18.2 Å². The molecule has 23 heavy (non-hydrogen) atoms. The van der Waals surface area contributed by atoms with E-state index in [-0.39, 0.29) is 23.9 Å². The van der Waals surface area contributed by atoms with Gasteiger partial charge in [0.2, 0.25) is 5.91 Å². The molecule has 3 aliphatic heterocycles. The molecular formula is C17H22FN3O2. The molecular weight excluding hydrogens is 297 g/mol. The summed E-state index contributed by atoms with van der Waals surface area (Å²) in [5, 5.41) is 3.03. The highest BCUT2D eigenvalue weighted by Crippen LogP contribution is 2.33. The molecule has 0 saturated carbocycles. The molecule has 0 unspecified atom stereocenters. The first-order valence-electron chi connectivity index (χ1n) is 8.42. The Balaban J connectivity index is 1.57. The van der Waals surface area contributed by atoms with Crippen LogP contribution in [0.4, 0.5) is 10.1 Å². The van der Waals surface area contributed by atoms with E-state index in [1.54, 1.807) is 6.07 Å². The van der Waals surface area contributed by atoms with E-state index in [1.165, 1.54) is 0 Å². The number of fused-ring (bicyclic) bond motifs is 1. The van der Waals surface area contributed by atoms with Crippen LogP contribution in [0.5, 0.6) is 0 Å². The molecule has 1 amide bonds. The quantitative estimate of drug-likeness (QED) is 0.900. The Morgan fingerprint density at radius 1 is 1.17 bits per heavy atom. The van der Waals surface area contributed by atoms with Gasteiger partial charge in [0.1, 0.15) is 12.0 Å². The summed E-state index contributed by atoms with van der Waals surface area (Å²) < 4.78 is 19.9. The molecule has 0 radical (unpaired) electrons. The van der Waals surface area contributed by atoms with Crippen molar-refractivity contribution >= 4 is 11.6 Å². The van der Waals surface area contributed by atoms with E-state index < -0.39 is 0 Å². The molecule has 1 N–H and O–H groups in total. The van der Waals surface area contributed by atoms with Crippen molar-refractivity contribution in [3.8, 4) is 0 Å². The van der Waals surface area contributed by atoms with Gasteiger partial charge in [-0.3, -0.25) is 9.69 Å². The molecule has 3 saturated heterocycles. The fourth-order valence-electron chi connectivity index (χ4n) is 3.89. The Bertz CT molecular complexity index is 604. The number of ether oxygens (including phenoxy) is 1. The van der Waals surface area contributed by atoms with Crippen LogP contribution in [0.25, 0.3) is 0 Å². The predicted molar refractivity (Wildman–Crippen MR) is 84.7 cm³/mol. The van der Waals surface area contributed by atoms with Crippen LogP contribution in [-0.4, -0.2) is 49.7 Å². The molecule has 0 bridgehead atoms. The summed E-state index contributed by atoms with van der Waals surface area (Å²) in [5.41, 5.74) is 1.45.